The summed E-state index contributed by atoms with van der Waals surface area (Å²) >= 11 is 0. The number of rotatable bonds is 4. The van der Waals surface area contributed by atoms with E-state index in [0.29, 0.717) is 6.04 Å². The van der Waals surface area contributed by atoms with Crippen LogP contribution in [-0.2, 0) is 0 Å². The van der Waals surface area contributed by atoms with E-state index in [1.54, 1.807) is 0 Å². The highest BCUT2D eigenvalue weighted by Crippen LogP contribution is 2.29. The van der Waals surface area contributed by atoms with Gasteiger partial charge in [-0.25, -0.2) is 9.97 Å². The molecule has 1 saturated heterocycles. The van der Waals surface area contributed by atoms with Crippen molar-refractivity contribution in [2.45, 2.75) is 45.3 Å². The zero-order valence-corrected chi connectivity index (χ0v) is 13.2. The predicted molar refractivity (Wildman–Crippen MR) is 87.9 cm³/mol. The van der Waals surface area contributed by atoms with Crippen LogP contribution in [0.1, 0.15) is 42.2 Å². The zero-order chi connectivity index (χ0) is 15.5. The van der Waals surface area contributed by atoms with E-state index >= 15 is 0 Å². The molecule has 3 rings (SSSR count). The van der Waals surface area contributed by atoms with Gasteiger partial charge in [-0.1, -0.05) is 30.3 Å². The molecule has 1 fully saturated rings. The quantitative estimate of drug-likeness (QED) is 0.941. The minimum atomic E-state index is -0.432. The largest absolute Gasteiger partial charge is 0.388 e. The lowest BCUT2D eigenvalue weighted by Gasteiger charge is -2.27. The first-order valence-corrected chi connectivity index (χ1v) is 7.95. The van der Waals surface area contributed by atoms with E-state index in [1.165, 1.54) is 0 Å². The SMILES string of the molecule is Cc1cnc(N2CCC[C@@H]2C[C@@H](O)c2ccccc2)nc1C. The van der Waals surface area contributed by atoms with E-state index < -0.39 is 6.10 Å². The average molecular weight is 297 g/mol. The lowest BCUT2D eigenvalue weighted by atomic mass is 10.0. The van der Waals surface area contributed by atoms with Gasteiger partial charge in [0.25, 0.3) is 0 Å². The summed E-state index contributed by atoms with van der Waals surface area (Å²) in [6.45, 7) is 5.01. The van der Waals surface area contributed by atoms with Gasteiger partial charge in [0.05, 0.1) is 6.10 Å². The fourth-order valence-electron chi connectivity index (χ4n) is 3.07. The van der Waals surface area contributed by atoms with Crippen molar-refractivity contribution < 1.29 is 5.11 Å². The van der Waals surface area contributed by atoms with Crippen molar-refractivity contribution >= 4 is 5.95 Å². The molecule has 4 heteroatoms. The number of anilines is 1. The summed E-state index contributed by atoms with van der Waals surface area (Å²) in [6, 6.07) is 10.2. The molecule has 2 aromatic rings. The van der Waals surface area contributed by atoms with Crippen LogP contribution in [0.3, 0.4) is 0 Å². The van der Waals surface area contributed by atoms with E-state index in [0.717, 1.165) is 48.6 Å². The number of aliphatic hydroxyl groups is 1. The first-order chi connectivity index (χ1) is 10.6. The summed E-state index contributed by atoms with van der Waals surface area (Å²) in [5.74, 6) is 0.797. The van der Waals surface area contributed by atoms with E-state index in [2.05, 4.69) is 14.9 Å². The van der Waals surface area contributed by atoms with Crippen LogP contribution in [0.2, 0.25) is 0 Å². The highest BCUT2D eigenvalue weighted by atomic mass is 16.3. The van der Waals surface area contributed by atoms with Crippen molar-refractivity contribution in [2.24, 2.45) is 0 Å². The van der Waals surface area contributed by atoms with Gasteiger partial charge < -0.3 is 10.0 Å². The normalized spacial score (nSPS) is 19.4. The van der Waals surface area contributed by atoms with Gasteiger partial charge in [-0.15, -0.1) is 0 Å². The van der Waals surface area contributed by atoms with Crippen molar-refractivity contribution in [3.05, 3.63) is 53.3 Å². The number of hydrogen-bond donors (Lipinski definition) is 1. The molecule has 1 aliphatic heterocycles. The maximum atomic E-state index is 10.5. The Balaban J connectivity index is 1.74. The lowest BCUT2D eigenvalue weighted by Crippen LogP contribution is -2.32. The van der Waals surface area contributed by atoms with Crippen LogP contribution in [0, 0.1) is 13.8 Å². The van der Waals surface area contributed by atoms with Crippen LogP contribution in [0.4, 0.5) is 5.95 Å². The smallest absolute Gasteiger partial charge is 0.225 e. The molecule has 116 valence electrons. The lowest BCUT2D eigenvalue weighted by molar-refractivity contribution is 0.158. The molecule has 0 spiro atoms. The predicted octanol–water partition coefficient (Wildman–Crippen LogP) is 3.19. The van der Waals surface area contributed by atoms with Gasteiger partial charge in [-0.2, -0.15) is 0 Å². The summed E-state index contributed by atoms with van der Waals surface area (Å²) < 4.78 is 0. The molecule has 0 radical (unpaired) electrons. The highest BCUT2D eigenvalue weighted by Gasteiger charge is 2.29. The summed E-state index contributed by atoms with van der Waals surface area (Å²) in [7, 11) is 0. The zero-order valence-electron chi connectivity index (χ0n) is 13.2. The minimum Gasteiger partial charge on any atom is -0.388 e. The maximum absolute atomic E-state index is 10.5. The molecule has 0 amide bonds. The van der Waals surface area contributed by atoms with Crippen LogP contribution in [-0.4, -0.2) is 27.7 Å². The van der Waals surface area contributed by atoms with Crippen LogP contribution < -0.4 is 4.90 Å². The van der Waals surface area contributed by atoms with E-state index in [1.807, 2.05) is 50.4 Å². The van der Waals surface area contributed by atoms with Crippen molar-refractivity contribution in [2.75, 3.05) is 11.4 Å². The topological polar surface area (TPSA) is 49.2 Å². The third-order valence-corrected chi connectivity index (χ3v) is 4.53. The van der Waals surface area contributed by atoms with Crippen molar-refractivity contribution in [1.29, 1.82) is 0 Å². The number of aryl methyl sites for hydroxylation is 2. The number of hydrogen-bond acceptors (Lipinski definition) is 4. The monoisotopic (exact) mass is 297 g/mol. The Labute approximate surface area is 131 Å². The van der Waals surface area contributed by atoms with Crippen molar-refractivity contribution in [3.8, 4) is 0 Å². The summed E-state index contributed by atoms with van der Waals surface area (Å²) in [6.07, 6.45) is 4.39. The molecule has 1 aromatic carbocycles. The molecule has 1 aliphatic rings. The third kappa shape index (κ3) is 3.12. The highest BCUT2D eigenvalue weighted by molar-refractivity contribution is 5.36. The summed E-state index contributed by atoms with van der Waals surface area (Å²) in [4.78, 5) is 11.4. The van der Waals surface area contributed by atoms with Crippen molar-refractivity contribution in [3.63, 3.8) is 0 Å². The van der Waals surface area contributed by atoms with Gasteiger partial charge >= 0.3 is 0 Å². The second-order valence-electron chi connectivity index (χ2n) is 6.09. The Hall–Kier alpha value is -1.94. The van der Waals surface area contributed by atoms with E-state index in [9.17, 15) is 5.11 Å². The molecular weight excluding hydrogens is 274 g/mol. The first kappa shape index (κ1) is 15.0. The molecule has 0 bridgehead atoms. The van der Waals surface area contributed by atoms with Crippen LogP contribution >= 0.6 is 0 Å². The van der Waals surface area contributed by atoms with Gasteiger partial charge in [0.1, 0.15) is 0 Å². The number of nitrogens with zero attached hydrogens (tertiary/aromatic N) is 3. The molecule has 4 nitrogen and oxygen atoms in total. The maximum Gasteiger partial charge on any atom is 0.225 e. The van der Waals surface area contributed by atoms with Gasteiger partial charge in [0, 0.05) is 24.5 Å². The molecule has 0 aliphatic carbocycles. The Bertz CT molecular complexity index is 629. The fourth-order valence-corrected chi connectivity index (χ4v) is 3.07. The van der Waals surface area contributed by atoms with Gasteiger partial charge in [0.15, 0.2) is 0 Å². The molecule has 1 N–H and O–H groups in total. The van der Waals surface area contributed by atoms with Gasteiger partial charge in [0.2, 0.25) is 5.95 Å². The Morgan fingerprint density at radius 3 is 2.77 bits per heavy atom. The molecule has 2 heterocycles. The minimum absolute atomic E-state index is 0.303. The van der Waals surface area contributed by atoms with Crippen LogP contribution in [0.25, 0.3) is 0 Å². The van der Waals surface area contributed by atoms with E-state index in [4.69, 9.17) is 0 Å². The van der Waals surface area contributed by atoms with Crippen LogP contribution in [0.5, 0.6) is 0 Å². The van der Waals surface area contributed by atoms with E-state index in [-0.39, 0.29) is 0 Å². The molecule has 2 atom stereocenters. The molecular formula is C18H23N3O. The fraction of sp³-hybridized carbons (Fsp3) is 0.444. The van der Waals surface area contributed by atoms with Gasteiger partial charge in [-0.3, -0.25) is 0 Å². The Kier molecular flexibility index (Phi) is 4.39. The van der Waals surface area contributed by atoms with Crippen molar-refractivity contribution in [1.82, 2.24) is 9.97 Å². The summed E-state index contributed by atoms with van der Waals surface area (Å²) in [5, 5.41) is 10.5. The standard InChI is InChI=1S/C18H23N3O/c1-13-12-19-18(20-14(13)2)21-10-6-9-16(21)11-17(22)15-7-4-3-5-8-15/h3-5,7-8,12,16-17,22H,6,9-11H2,1-2H3/t16-,17-/m1/s1. The second-order valence-corrected chi connectivity index (χ2v) is 6.09. The average Bonchev–Trinajstić information content (AvgIpc) is 2.99. The van der Waals surface area contributed by atoms with Crippen LogP contribution in [0.15, 0.2) is 36.5 Å². The molecule has 1 aromatic heterocycles. The third-order valence-electron chi connectivity index (χ3n) is 4.53. The Morgan fingerprint density at radius 1 is 1.27 bits per heavy atom. The molecule has 22 heavy (non-hydrogen) atoms. The molecule has 0 saturated carbocycles. The first-order valence-electron chi connectivity index (χ1n) is 7.95. The molecule has 0 unspecified atom stereocenters. The second kappa shape index (κ2) is 6.44. The Morgan fingerprint density at radius 2 is 2.05 bits per heavy atom. The summed E-state index contributed by atoms with van der Waals surface area (Å²) in [5.41, 5.74) is 3.12. The number of aromatic nitrogens is 2. The number of aliphatic hydroxyl groups excluding tert-OH is 1. The number of benzene rings is 1. The van der Waals surface area contributed by atoms with Gasteiger partial charge in [-0.05, 0) is 44.2 Å².